The number of nitrogens with zero attached hydrogens (tertiary/aromatic N) is 4. The van der Waals surface area contributed by atoms with Crippen LogP contribution in [-0.2, 0) is 6.42 Å². The standard InChI is InChI=1S/C14H22N6/c1-4-15-14(17-11(2)3)16-9-8-13-19-18-12-7-5-6-10-20(12)13/h5-7,10-11H,4,8-9H2,1-3H3,(H2,15,16,17). The van der Waals surface area contributed by atoms with Crippen LogP contribution in [0.15, 0.2) is 29.4 Å². The first-order chi connectivity index (χ1) is 9.70. The van der Waals surface area contributed by atoms with Crippen LogP contribution in [0.5, 0.6) is 0 Å². The highest BCUT2D eigenvalue weighted by Crippen LogP contribution is 2.03. The van der Waals surface area contributed by atoms with Crippen molar-refractivity contribution in [3.05, 3.63) is 30.2 Å². The molecule has 2 rings (SSSR count). The van der Waals surface area contributed by atoms with E-state index in [2.05, 4.69) is 46.6 Å². The molecule has 0 radical (unpaired) electrons. The summed E-state index contributed by atoms with van der Waals surface area (Å²) in [6.45, 7) is 7.78. The molecule has 6 heteroatoms. The molecular formula is C14H22N6. The number of nitrogens with one attached hydrogen (secondary N) is 2. The maximum Gasteiger partial charge on any atom is 0.191 e. The minimum absolute atomic E-state index is 0.363. The summed E-state index contributed by atoms with van der Waals surface area (Å²) in [6.07, 6.45) is 2.74. The first-order valence-electron chi connectivity index (χ1n) is 7.04. The Morgan fingerprint density at radius 3 is 2.95 bits per heavy atom. The Hall–Kier alpha value is -2.11. The smallest absolute Gasteiger partial charge is 0.191 e. The highest BCUT2D eigenvalue weighted by molar-refractivity contribution is 5.79. The number of guanidine groups is 1. The number of hydrogen-bond donors (Lipinski definition) is 2. The summed E-state index contributed by atoms with van der Waals surface area (Å²) in [5.74, 6) is 1.78. The Balaban J connectivity index is 2.00. The summed E-state index contributed by atoms with van der Waals surface area (Å²) in [6, 6.07) is 6.25. The molecule has 20 heavy (non-hydrogen) atoms. The van der Waals surface area contributed by atoms with Gasteiger partial charge < -0.3 is 10.6 Å². The van der Waals surface area contributed by atoms with Crippen LogP contribution >= 0.6 is 0 Å². The first kappa shape index (κ1) is 14.3. The lowest BCUT2D eigenvalue weighted by Gasteiger charge is -2.13. The van der Waals surface area contributed by atoms with E-state index in [1.165, 1.54) is 0 Å². The molecule has 2 N–H and O–H groups in total. The third-order valence-corrected chi connectivity index (χ3v) is 2.76. The van der Waals surface area contributed by atoms with Gasteiger partial charge in [-0.25, -0.2) is 0 Å². The lowest BCUT2D eigenvalue weighted by Crippen LogP contribution is -2.41. The summed E-state index contributed by atoms with van der Waals surface area (Å²) in [4.78, 5) is 4.55. The molecule has 108 valence electrons. The van der Waals surface area contributed by atoms with Gasteiger partial charge >= 0.3 is 0 Å². The number of rotatable bonds is 5. The van der Waals surface area contributed by atoms with Gasteiger partial charge in [-0.15, -0.1) is 10.2 Å². The maximum atomic E-state index is 4.55. The Morgan fingerprint density at radius 2 is 2.20 bits per heavy atom. The fourth-order valence-electron chi connectivity index (χ4n) is 1.92. The monoisotopic (exact) mass is 274 g/mol. The molecule has 0 aliphatic rings. The zero-order valence-electron chi connectivity index (χ0n) is 12.3. The second-order valence-corrected chi connectivity index (χ2v) is 4.85. The van der Waals surface area contributed by atoms with Crippen molar-refractivity contribution in [3.63, 3.8) is 0 Å². The Kier molecular flexibility index (Phi) is 4.92. The zero-order chi connectivity index (χ0) is 14.4. The van der Waals surface area contributed by atoms with E-state index >= 15 is 0 Å². The van der Waals surface area contributed by atoms with Crippen molar-refractivity contribution in [3.8, 4) is 0 Å². The van der Waals surface area contributed by atoms with Gasteiger partial charge in [-0.3, -0.25) is 9.39 Å². The van der Waals surface area contributed by atoms with Crippen LogP contribution < -0.4 is 10.6 Å². The van der Waals surface area contributed by atoms with Crippen molar-refractivity contribution in [1.82, 2.24) is 25.2 Å². The van der Waals surface area contributed by atoms with Crippen molar-refractivity contribution in [1.29, 1.82) is 0 Å². The van der Waals surface area contributed by atoms with Gasteiger partial charge in [0.1, 0.15) is 5.82 Å². The van der Waals surface area contributed by atoms with Gasteiger partial charge in [0.25, 0.3) is 0 Å². The molecule has 6 nitrogen and oxygen atoms in total. The molecule has 0 amide bonds. The maximum absolute atomic E-state index is 4.55. The molecule has 0 atom stereocenters. The fraction of sp³-hybridized carbons (Fsp3) is 0.500. The molecule has 2 aromatic rings. The third-order valence-electron chi connectivity index (χ3n) is 2.76. The van der Waals surface area contributed by atoms with Gasteiger partial charge in [-0.2, -0.15) is 0 Å². The lowest BCUT2D eigenvalue weighted by atomic mass is 10.4. The predicted octanol–water partition coefficient (Wildman–Crippen LogP) is 1.24. The van der Waals surface area contributed by atoms with Gasteiger partial charge in [-0.05, 0) is 32.9 Å². The molecular weight excluding hydrogens is 252 g/mol. The molecule has 0 aromatic carbocycles. The Morgan fingerprint density at radius 1 is 1.35 bits per heavy atom. The van der Waals surface area contributed by atoms with E-state index in [1.54, 1.807) is 0 Å². The van der Waals surface area contributed by atoms with Crippen LogP contribution in [0.2, 0.25) is 0 Å². The Labute approximate surface area is 119 Å². The summed E-state index contributed by atoms with van der Waals surface area (Å²) < 4.78 is 2.00. The molecule has 0 aliphatic heterocycles. The topological polar surface area (TPSA) is 66.6 Å². The second-order valence-electron chi connectivity index (χ2n) is 4.85. The van der Waals surface area contributed by atoms with Crippen LogP contribution in [0.3, 0.4) is 0 Å². The molecule has 0 fully saturated rings. The number of pyridine rings is 1. The first-order valence-corrected chi connectivity index (χ1v) is 7.04. The van der Waals surface area contributed by atoms with E-state index in [-0.39, 0.29) is 0 Å². The van der Waals surface area contributed by atoms with Gasteiger partial charge in [0.15, 0.2) is 11.6 Å². The predicted molar refractivity (Wildman–Crippen MR) is 80.9 cm³/mol. The summed E-state index contributed by atoms with van der Waals surface area (Å²) in [5, 5.41) is 14.9. The molecule has 0 spiro atoms. The van der Waals surface area contributed by atoms with Crippen molar-refractivity contribution < 1.29 is 0 Å². The van der Waals surface area contributed by atoms with Crippen LogP contribution in [0.4, 0.5) is 0 Å². The quantitative estimate of drug-likeness (QED) is 0.636. The van der Waals surface area contributed by atoms with Crippen LogP contribution in [0.25, 0.3) is 5.65 Å². The average Bonchev–Trinajstić information content (AvgIpc) is 2.82. The average molecular weight is 274 g/mol. The largest absolute Gasteiger partial charge is 0.357 e. The van der Waals surface area contributed by atoms with E-state index in [0.29, 0.717) is 12.6 Å². The highest BCUT2D eigenvalue weighted by Gasteiger charge is 2.04. The fourth-order valence-corrected chi connectivity index (χ4v) is 1.92. The molecule has 0 saturated carbocycles. The lowest BCUT2D eigenvalue weighted by molar-refractivity contribution is 0.698. The Bertz CT molecular complexity index is 572. The molecule has 2 heterocycles. The van der Waals surface area contributed by atoms with Crippen molar-refractivity contribution in [2.24, 2.45) is 4.99 Å². The third kappa shape index (κ3) is 3.69. The molecule has 0 unspecified atom stereocenters. The SMILES string of the molecule is CCNC(=NCCc1nnc2ccccn12)NC(C)C. The van der Waals surface area contributed by atoms with Gasteiger partial charge in [-0.1, -0.05) is 6.07 Å². The van der Waals surface area contributed by atoms with Crippen molar-refractivity contribution in [2.45, 2.75) is 33.2 Å². The summed E-state index contributed by atoms with van der Waals surface area (Å²) in [5.41, 5.74) is 0.874. The van der Waals surface area contributed by atoms with E-state index < -0.39 is 0 Å². The van der Waals surface area contributed by atoms with E-state index in [4.69, 9.17) is 0 Å². The van der Waals surface area contributed by atoms with E-state index in [0.717, 1.165) is 30.4 Å². The van der Waals surface area contributed by atoms with Gasteiger partial charge in [0.05, 0.1) is 0 Å². The number of aliphatic imine (C=N–C) groups is 1. The molecule has 2 aromatic heterocycles. The normalized spacial score (nSPS) is 12.1. The second kappa shape index (κ2) is 6.88. The number of aromatic nitrogens is 3. The molecule has 0 saturated heterocycles. The van der Waals surface area contributed by atoms with Crippen molar-refractivity contribution >= 4 is 11.6 Å². The van der Waals surface area contributed by atoms with Crippen LogP contribution in [0, 0.1) is 0 Å². The summed E-state index contributed by atoms with van der Waals surface area (Å²) in [7, 11) is 0. The minimum Gasteiger partial charge on any atom is -0.357 e. The zero-order valence-corrected chi connectivity index (χ0v) is 12.3. The van der Waals surface area contributed by atoms with Crippen LogP contribution in [-0.4, -0.2) is 39.7 Å². The number of hydrogen-bond acceptors (Lipinski definition) is 3. The van der Waals surface area contributed by atoms with Crippen LogP contribution in [0.1, 0.15) is 26.6 Å². The number of fused-ring (bicyclic) bond motifs is 1. The van der Waals surface area contributed by atoms with E-state index in [9.17, 15) is 0 Å². The summed E-state index contributed by atoms with van der Waals surface area (Å²) >= 11 is 0. The van der Waals surface area contributed by atoms with Crippen molar-refractivity contribution in [2.75, 3.05) is 13.1 Å². The highest BCUT2D eigenvalue weighted by atomic mass is 15.2. The molecule has 0 bridgehead atoms. The molecule has 0 aliphatic carbocycles. The van der Waals surface area contributed by atoms with Gasteiger partial charge in [0, 0.05) is 31.7 Å². The van der Waals surface area contributed by atoms with Gasteiger partial charge in [0.2, 0.25) is 0 Å². The van der Waals surface area contributed by atoms with E-state index in [1.807, 2.05) is 28.8 Å². The minimum atomic E-state index is 0.363.